The van der Waals surface area contributed by atoms with Crippen LogP contribution < -0.4 is 4.90 Å². The molecule has 2 aromatic rings. The van der Waals surface area contributed by atoms with Gasteiger partial charge in [-0.2, -0.15) is 0 Å². The van der Waals surface area contributed by atoms with Crippen molar-refractivity contribution in [2.45, 2.75) is 50.5 Å². The molecule has 27 heavy (non-hydrogen) atoms. The van der Waals surface area contributed by atoms with Crippen LogP contribution in [0.25, 0.3) is 0 Å². The van der Waals surface area contributed by atoms with Crippen LogP contribution >= 0.6 is 23.8 Å². The number of aromatic nitrogens is 1. The zero-order valence-electron chi connectivity index (χ0n) is 15.3. The minimum Gasteiger partial charge on any atom is -0.326 e. The van der Waals surface area contributed by atoms with Crippen LogP contribution in [0.5, 0.6) is 0 Å². The fraction of sp³-hybridized carbons (Fsp3) is 0.478. The maximum Gasteiger partial charge on any atom is 0.115 e. The molecule has 0 N–H and O–H groups in total. The maximum absolute atomic E-state index is 6.05. The van der Waals surface area contributed by atoms with Crippen molar-refractivity contribution in [2.24, 2.45) is 17.8 Å². The van der Waals surface area contributed by atoms with Crippen molar-refractivity contribution in [3.63, 3.8) is 0 Å². The lowest BCUT2D eigenvalue weighted by molar-refractivity contribution is -0.00727. The summed E-state index contributed by atoms with van der Waals surface area (Å²) in [7, 11) is 0. The summed E-state index contributed by atoms with van der Waals surface area (Å²) in [4.78, 5) is 8.31. The molecule has 7 rings (SSSR count). The van der Waals surface area contributed by atoms with Gasteiger partial charge in [0.25, 0.3) is 0 Å². The molecule has 1 aromatic carbocycles. The lowest BCUT2D eigenvalue weighted by Gasteiger charge is -2.56. The summed E-state index contributed by atoms with van der Waals surface area (Å²) in [6.07, 6.45) is 8.48. The third-order valence-corrected chi connectivity index (χ3v) is 8.17. The zero-order valence-corrected chi connectivity index (χ0v) is 16.9. The molecule has 0 saturated heterocycles. The number of benzene rings is 1. The van der Waals surface area contributed by atoms with Crippen LogP contribution in [0.15, 0.2) is 36.4 Å². The van der Waals surface area contributed by atoms with Gasteiger partial charge in [-0.25, -0.2) is 0 Å². The minimum absolute atomic E-state index is 0.346. The lowest BCUT2D eigenvalue weighted by Crippen LogP contribution is -2.49. The van der Waals surface area contributed by atoms with E-state index >= 15 is 0 Å². The van der Waals surface area contributed by atoms with Gasteiger partial charge in [0.1, 0.15) is 4.99 Å². The smallest absolute Gasteiger partial charge is 0.115 e. The van der Waals surface area contributed by atoms with Gasteiger partial charge >= 0.3 is 0 Å². The highest BCUT2D eigenvalue weighted by molar-refractivity contribution is 7.81. The van der Waals surface area contributed by atoms with E-state index in [1.807, 2.05) is 24.3 Å². The summed E-state index contributed by atoms with van der Waals surface area (Å²) in [6, 6.07) is 12.5. The first-order valence-corrected chi connectivity index (χ1v) is 11.0. The molecule has 4 saturated carbocycles. The average molecular weight is 395 g/mol. The number of hydrogen-bond donors (Lipinski definition) is 0. The van der Waals surface area contributed by atoms with Crippen molar-refractivity contribution in [3.05, 3.63) is 58.4 Å². The van der Waals surface area contributed by atoms with Crippen LogP contribution in [0.1, 0.15) is 55.5 Å². The second-order valence-corrected chi connectivity index (χ2v) is 10.1. The summed E-state index contributed by atoms with van der Waals surface area (Å²) in [6.45, 7) is 0.774. The van der Waals surface area contributed by atoms with Crippen molar-refractivity contribution in [1.29, 1.82) is 0 Å². The molecular formula is C23H23ClN2S. The molecule has 0 unspecified atom stereocenters. The lowest BCUT2D eigenvalue weighted by atomic mass is 9.49. The van der Waals surface area contributed by atoms with Gasteiger partial charge < -0.3 is 4.90 Å². The van der Waals surface area contributed by atoms with Crippen LogP contribution in [0.3, 0.4) is 0 Å². The van der Waals surface area contributed by atoms with E-state index in [4.69, 9.17) is 28.8 Å². The Labute approximate surface area is 170 Å². The van der Waals surface area contributed by atoms with E-state index in [1.165, 1.54) is 44.2 Å². The van der Waals surface area contributed by atoms with Gasteiger partial charge in [-0.05, 0) is 92.7 Å². The number of thiocarbonyl (C=S) groups is 1. The highest BCUT2D eigenvalue weighted by atomic mass is 35.5. The Morgan fingerprint density at radius 3 is 2.19 bits per heavy atom. The number of pyridine rings is 1. The number of nitrogens with zero attached hydrogens (tertiary/aromatic N) is 2. The summed E-state index contributed by atoms with van der Waals surface area (Å²) in [5.74, 6) is 2.83. The van der Waals surface area contributed by atoms with Crippen LogP contribution in [0.2, 0.25) is 5.02 Å². The van der Waals surface area contributed by atoms with Crippen molar-refractivity contribution in [1.82, 2.24) is 4.98 Å². The Bertz CT molecular complexity index is 901. The summed E-state index contributed by atoms with van der Waals surface area (Å²) in [5, 5.41) is 0.753. The topological polar surface area (TPSA) is 16.1 Å². The Kier molecular flexibility index (Phi) is 3.53. The molecular weight excluding hydrogens is 372 g/mol. The van der Waals surface area contributed by atoms with E-state index in [0.29, 0.717) is 5.41 Å². The third kappa shape index (κ3) is 2.51. The molecule has 138 valence electrons. The van der Waals surface area contributed by atoms with E-state index in [-0.39, 0.29) is 0 Å². The Morgan fingerprint density at radius 2 is 1.56 bits per heavy atom. The van der Waals surface area contributed by atoms with Gasteiger partial charge in [-0.1, -0.05) is 23.8 Å². The molecule has 2 nitrogen and oxygen atoms in total. The summed E-state index contributed by atoms with van der Waals surface area (Å²) < 4.78 is 0. The maximum atomic E-state index is 6.05. The van der Waals surface area contributed by atoms with Crippen molar-refractivity contribution in [3.8, 4) is 0 Å². The highest BCUT2D eigenvalue weighted by Gasteiger charge is 2.52. The van der Waals surface area contributed by atoms with Gasteiger partial charge in [0, 0.05) is 27.4 Å². The molecule has 0 radical (unpaired) electrons. The van der Waals surface area contributed by atoms with E-state index in [0.717, 1.165) is 51.3 Å². The first-order chi connectivity index (χ1) is 13.1. The van der Waals surface area contributed by atoms with Crippen LogP contribution in [-0.2, 0) is 12.0 Å². The van der Waals surface area contributed by atoms with Crippen molar-refractivity contribution < 1.29 is 0 Å². The van der Waals surface area contributed by atoms with E-state index in [2.05, 4.69) is 17.0 Å². The molecule has 0 atom stereocenters. The predicted molar refractivity (Wildman–Crippen MR) is 113 cm³/mol. The number of rotatable bonds is 2. The highest BCUT2D eigenvalue weighted by Crippen LogP contribution is 2.60. The largest absolute Gasteiger partial charge is 0.326 e. The van der Waals surface area contributed by atoms with Crippen molar-refractivity contribution in [2.75, 3.05) is 4.90 Å². The van der Waals surface area contributed by atoms with E-state index in [1.54, 1.807) is 0 Å². The Morgan fingerprint density at radius 1 is 0.926 bits per heavy atom. The third-order valence-electron chi connectivity index (χ3n) is 7.48. The molecule has 5 aliphatic rings. The number of anilines is 1. The summed E-state index contributed by atoms with van der Waals surface area (Å²) >= 11 is 11.8. The molecule has 1 aliphatic heterocycles. The quantitative estimate of drug-likeness (QED) is 0.590. The van der Waals surface area contributed by atoms with Gasteiger partial charge in [-0.3, -0.25) is 4.98 Å². The number of halogens is 1. The first kappa shape index (κ1) is 16.5. The Hall–Kier alpha value is -1.45. The molecule has 0 spiro atoms. The van der Waals surface area contributed by atoms with Gasteiger partial charge in [0.2, 0.25) is 0 Å². The van der Waals surface area contributed by atoms with Crippen molar-refractivity contribution >= 4 is 34.5 Å². The SMILES string of the molecule is S=C1c2ccc(C34CC5CC(CC(C5)C3)C4)nc2CN1c1ccc(Cl)cc1. The molecule has 2 heterocycles. The van der Waals surface area contributed by atoms with Gasteiger partial charge in [0.15, 0.2) is 0 Å². The fourth-order valence-electron chi connectivity index (χ4n) is 6.73. The molecule has 4 aliphatic carbocycles. The molecule has 4 heteroatoms. The van der Waals surface area contributed by atoms with Crippen LogP contribution in [0.4, 0.5) is 5.69 Å². The standard InChI is InChI=1S/C23H23ClN2S/c24-17-1-3-18(4-2-17)26-13-20-19(22(26)27)5-6-21(25-20)23-10-14-7-15(11-23)9-16(8-14)12-23/h1-6,14-16H,7-13H2. The summed E-state index contributed by atoms with van der Waals surface area (Å²) in [5.41, 5.74) is 5.08. The zero-order chi connectivity index (χ0) is 18.2. The molecule has 0 amide bonds. The second kappa shape index (κ2) is 5.78. The number of fused-ring (bicyclic) bond motifs is 1. The number of hydrogen-bond acceptors (Lipinski definition) is 2. The van der Waals surface area contributed by atoms with Crippen LogP contribution in [-0.4, -0.2) is 9.97 Å². The second-order valence-electron chi connectivity index (χ2n) is 9.26. The van der Waals surface area contributed by atoms with E-state index in [9.17, 15) is 0 Å². The minimum atomic E-state index is 0.346. The van der Waals surface area contributed by atoms with Gasteiger partial charge in [0.05, 0.1) is 12.2 Å². The fourth-order valence-corrected chi connectivity index (χ4v) is 7.21. The molecule has 4 bridgehead atoms. The normalized spacial score (nSPS) is 33.6. The average Bonchev–Trinajstić information content (AvgIpc) is 2.97. The van der Waals surface area contributed by atoms with E-state index < -0.39 is 0 Å². The molecule has 1 aromatic heterocycles. The predicted octanol–water partition coefficient (Wildman–Crippen LogP) is 5.90. The first-order valence-electron chi connectivity index (χ1n) is 10.2. The Balaban J connectivity index is 1.35. The van der Waals surface area contributed by atoms with Gasteiger partial charge in [-0.15, -0.1) is 0 Å². The van der Waals surface area contributed by atoms with Crippen LogP contribution in [0, 0.1) is 17.8 Å². The molecule has 4 fully saturated rings. The monoisotopic (exact) mass is 394 g/mol.